The minimum atomic E-state index is -0.898. The summed E-state index contributed by atoms with van der Waals surface area (Å²) in [5.41, 5.74) is -0.177. The minimum Gasteiger partial charge on any atom is -0.465 e. The van der Waals surface area contributed by atoms with Crippen molar-refractivity contribution in [2.75, 3.05) is 19.7 Å². The van der Waals surface area contributed by atoms with Crippen molar-refractivity contribution in [2.24, 2.45) is 11.3 Å². The van der Waals surface area contributed by atoms with Crippen molar-refractivity contribution >= 4 is 12.1 Å². The largest absolute Gasteiger partial charge is 0.465 e. The Balaban J connectivity index is 2.62. The van der Waals surface area contributed by atoms with E-state index in [1.54, 1.807) is 0 Å². The molecule has 1 heterocycles. The van der Waals surface area contributed by atoms with Crippen LogP contribution in [0.3, 0.4) is 0 Å². The van der Waals surface area contributed by atoms with Crippen molar-refractivity contribution in [3.8, 4) is 6.07 Å². The summed E-state index contributed by atoms with van der Waals surface area (Å²) in [7, 11) is 0. The predicted octanol–water partition coefficient (Wildman–Crippen LogP) is 2.64. The highest BCUT2D eigenvalue weighted by Gasteiger charge is 2.38. The Hall–Kier alpha value is -1.77. The highest BCUT2D eigenvalue weighted by molar-refractivity contribution is 5.70. The standard InChI is InChI=1S/C15H24N2O4/c1-12(2)10-15(11-13(18)21-9-3-6-16)4-7-17(8-5-15)14(19)20/h12H,3-5,7-11H2,1-2H3,(H,19,20). The van der Waals surface area contributed by atoms with Crippen LogP contribution in [-0.4, -0.2) is 41.8 Å². The lowest BCUT2D eigenvalue weighted by molar-refractivity contribution is -0.147. The van der Waals surface area contributed by atoms with Gasteiger partial charge in [-0.05, 0) is 30.6 Å². The van der Waals surface area contributed by atoms with Crippen LogP contribution >= 0.6 is 0 Å². The monoisotopic (exact) mass is 296 g/mol. The third-order valence-corrected chi connectivity index (χ3v) is 3.93. The molecule has 6 nitrogen and oxygen atoms in total. The average Bonchev–Trinajstić information content (AvgIpc) is 2.38. The molecule has 1 aliphatic rings. The van der Waals surface area contributed by atoms with E-state index in [1.807, 2.05) is 6.07 Å². The maximum absolute atomic E-state index is 11.9. The Morgan fingerprint density at radius 2 is 2.00 bits per heavy atom. The summed E-state index contributed by atoms with van der Waals surface area (Å²) in [6.45, 7) is 5.27. The SMILES string of the molecule is CC(C)CC1(CC(=O)OCCC#N)CCN(C(=O)O)CC1. The van der Waals surface area contributed by atoms with Gasteiger partial charge in [-0.15, -0.1) is 0 Å². The number of nitrogens with zero attached hydrogens (tertiary/aromatic N) is 2. The summed E-state index contributed by atoms with van der Waals surface area (Å²) in [5, 5.41) is 17.5. The van der Waals surface area contributed by atoms with Crippen LogP contribution < -0.4 is 0 Å². The number of esters is 1. The Bertz CT molecular complexity index is 406. The van der Waals surface area contributed by atoms with Gasteiger partial charge in [0.15, 0.2) is 0 Å². The molecule has 0 unspecified atom stereocenters. The van der Waals surface area contributed by atoms with E-state index in [4.69, 9.17) is 15.1 Å². The Morgan fingerprint density at radius 3 is 2.48 bits per heavy atom. The molecule has 1 N–H and O–H groups in total. The Kier molecular flexibility index (Phi) is 6.47. The summed E-state index contributed by atoms with van der Waals surface area (Å²) >= 11 is 0. The van der Waals surface area contributed by atoms with Crippen LogP contribution in [0, 0.1) is 22.7 Å². The molecule has 0 spiro atoms. The quantitative estimate of drug-likeness (QED) is 0.601. The first-order valence-electron chi connectivity index (χ1n) is 7.39. The molecule has 1 aliphatic heterocycles. The molecule has 0 bridgehead atoms. The molecule has 1 rings (SSSR count). The fourth-order valence-electron chi connectivity index (χ4n) is 3.06. The minimum absolute atomic E-state index is 0.133. The molecule has 0 saturated carbocycles. The summed E-state index contributed by atoms with van der Waals surface area (Å²) < 4.78 is 5.07. The van der Waals surface area contributed by atoms with E-state index in [-0.39, 0.29) is 24.4 Å². The maximum atomic E-state index is 11.9. The van der Waals surface area contributed by atoms with Gasteiger partial charge >= 0.3 is 12.1 Å². The van der Waals surface area contributed by atoms with Crippen molar-refractivity contribution in [1.29, 1.82) is 5.26 Å². The van der Waals surface area contributed by atoms with E-state index in [2.05, 4.69) is 13.8 Å². The van der Waals surface area contributed by atoms with E-state index < -0.39 is 6.09 Å². The highest BCUT2D eigenvalue weighted by Crippen LogP contribution is 2.41. The zero-order valence-corrected chi connectivity index (χ0v) is 12.8. The van der Waals surface area contributed by atoms with Gasteiger partial charge in [-0.1, -0.05) is 13.8 Å². The number of ether oxygens (including phenoxy) is 1. The summed E-state index contributed by atoms with van der Waals surface area (Å²) in [4.78, 5) is 24.3. The fraction of sp³-hybridized carbons (Fsp3) is 0.800. The van der Waals surface area contributed by atoms with E-state index >= 15 is 0 Å². The number of amides is 1. The first kappa shape index (κ1) is 17.3. The predicted molar refractivity (Wildman–Crippen MR) is 76.5 cm³/mol. The Labute approximate surface area is 125 Å². The molecule has 6 heteroatoms. The molecular formula is C15H24N2O4. The van der Waals surface area contributed by atoms with Crippen molar-refractivity contribution in [2.45, 2.75) is 46.0 Å². The smallest absolute Gasteiger partial charge is 0.407 e. The van der Waals surface area contributed by atoms with Crippen LogP contribution in [0.2, 0.25) is 0 Å². The number of carboxylic acid groups (broad SMARTS) is 1. The molecule has 0 aromatic heterocycles. The number of hydrogen-bond acceptors (Lipinski definition) is 4. The number of piperidine rings is 1. The molecule has 21 heavy (non-hydrogen) atoms. The van der Waals surface area contributed by atoms with Crippen molar-refractivity contribution < 1.29 is 19.4 Å². The van der Waals surface area contributed by atoms with Gasteiger partial charge in [0.2, 0.25) is 0 Å². The van der Waals surface area contributed by atoms with Gasteiger partial charge in [-0.2, -0.15) is 5.26 Å². The first-order valence-corrected chi connectivity index (χ1v) is 7.39. The van der Waals surface area contributed by atoms with Crippen molar-refractivity contribution in [3.05, 3.63) is 0 Å². The van der Waals surface area contributed by atoms with Gasteiger partial charge in [0.1, 0.15) is 6.61 Å². The summed E-state index contributed by atoms with van der Waals surface area (Å²) in [6.07, 6.45) is 1.87. The molecule has 0 aromatic rings. The van der Waals surface area contributed by atoms with Gasteiger partial charge in [0.05, 0.1) is 18.9 Å². The Morgan fingerprint density at radius 1 is 1.38 bits per heavy atom. The average molecular weight is 296 g/mol. The molecule has 1 saturated heterocycles. The van der Waals surface area contributed by atoms with Gasteiger partial charge in [-0.25, -0.2) is 4.79 Å². The fourth-order valence-corrected chi connectivity index (χ4v) is 3.06. The normalized spacial score (nSPS) is 17.3. The molecule has 118 valence electrons. The maximum Gasteiger partial charge on any atom is 0.407 e. The molecule has 0 aromatic carbocycles. The number of carbonyl (C=O) groups is 2. The zero-order chi connectivity index (χ0) is 15.9. The second kappa shape index (κ2) is 7.87. The van der Waals surface area contributed by atoms with Gasteiger partial charge < -0.3 is 14.7 Å². The van der Waals surface area contributed by atoms with E-state index in [1.165, 1.54) is 4.90 Å². The highest BCUT2D eigenvalue weighted by atomic mass is 16.5. The molecule has 1 amide bonds. The van der Waals surface area contributed by atoms with E-state index in [9.17, 15) is 9.59 Å². The van der Waals surface area contributed by atoms with E-state index in [0.29, 0.717) is 38.3 Å². The van der Waals surface area contributed by atoms with E-state index in [0.717, 1.165) is 6.42 Å². The third kappa shape index (κ3) is 5.62. The lowest BCUT2D eigenvalue weighted by atomic mass is 9.70. The van der Waals surface area contributed by atoms with Crippen molar-refractivity contribution in [3.63, 3.8) is 0 Å². The molecule has 0 aliphatic carbocycles. The number of nitriles is 1. The van der Waals surface area contributed by atoms with Crippen LogP contribution in [-0.2, 0) is 9.53 Å². The van der Waals surface area contributed by atoms with Crippen LogP contribution in [0.1, 0.15) is 46.0 Å². The topological polar surface area (TPSA) is 90.6 Å². The van der Waals surface area contributed by atoms with Gasteiger partial charge in [0.25, 0.3) is 0 Å². The van der Waals surface area contributed by atoms with Gasteiger partial charge in [-0.3, -0.25) is 4.79 Å². The molecule has 0 atom stereocenters. The first-order chi connectivity index (χ1) is 9.88. The van der Waals surface area contributed by atoms with Crippen LogP contribution in [0.5, 0.6) is 0 Å². The zero-order valence-electron chi connectivity index (χ0n) is 12.8. The molecule has 1 fully saturated rings. The third-order valence-electron chi connectivity index (χ3n) is 3.93. The second-order valence-electron chi connectivity index (χ2n) is 6.17. The lowest BCUT2D eigenvalue weighted by Gasteiger charge is -2.41. The van der Waals surface area contributed by atoms with Crippen LogP contribution in [0.15, 0.2) is 0 Å². The summed E-state index contributed by atoms with van der Waals surface area (Å²) in [6, 6.07) is 1.94. The van der Waals surface area contributed by atoms with Gasteiger partial charge in [0, 0.05) is 13.1 Å². The number of hydrogen-bond donors (Lipinski definition) is 1. The van der Waals surface area contributed by atoms with Crippen LogP contribution in [0.25, 0.3) is 0 Å². The molecule has 0 radical (unpaired) electrons. The molecular weight excluding hydrogens is 272 g/mol. The lowest BCUT2D eigenvalue weighted by Crippen LogP contribution is -2.44. The van der Waals surface area contributed by atoms with Crippen molar-refractivity contribution in [1.82, 2.24) is 4.90 Å². The number of rotatable bonds is 6. The number of carbonyl (C=O) groups excluding carboxylic acids is 1. The summed E-state index contributed by atoms with van der Waals surface area (Å²) in [5.74, 6) is 0.156. The van der Waals surface area contributed by atoms with Crippen LogP contribution in [0.4, 0.5) is 4.79 Å². The second-order valence-corrected chi connectivity index (χ2v) is 6.17. The number of likely N-dealkylation sites (tertiary alicyclic amines) is 1.